The number of aromatic nitrogens is 3. The molecule has 4 heterocycles. The van der Waals surface area contributed by atoms with Crippen LogP contribution in [0, 0.1) is 0 Å². The van der Waals surface area contributed by atoms with Crippen molar-refractivity contribution in [3.63, 3.8) is 0 Å². The van der Waals surface area contributed by atoms with Crippen molar-refractivity contribution in [1.29, 1.82) is 0 Å². The minimum absolute atomic E-state index is 0.330. The number of nitrogens with two attached hydrogens (primary N) is 1. The Balaban J connectivity index is 1.77. The number of nitrogens with zero attached hydrogens (tertiary/aromatic N) is 3. The van der Waals surface area contributed by atoms with Crippen LogP contribution in [-0.2, 0) is 22.3 Å². The molecule has 7 heteroatoms. The maximum Gasteiger partial charge on any atom is 0.341 e. The van der Waals surface area contributed by atoms with Gasteiger partial charge in [-0.05, 0) is 63.8 Å². The summed E-state index contributed by atoms with van der Waals surface area (Å²) >= 11 is 0. The molecule has 3 aromatic rings. The van der Waals surface area contributed by atoms with Crippen molar-refractivity contribution in [3.05, 3.63) is 58.8 Å². The van der Waals surface area contributed by atoms with Gasteiger partial charge in [0.1, 0.15) is 5.60 Å². The third-order valence-corrected chi connectivity index (χ3v) is 5.22. The van der Waals surface area contributed by atoms with E-state index in [4.69, 9.17) is 20.2 Å². The van der Waals surface area contributed by atoms with E-state index in [1.54, 1.807) is 18.5 Å². The number of hydrogen-bond acceptors (Lipinski definition) is 7. The largest absolute Gasteiger partial charge is 0.477 e. The normalized spacial score (nSPS) is 15.2. The lowest BCUT2D eigenvalue weighted by Gasteiger charge is -2.22. The number of carbonyl (C=O) groups is 1. The maximum absolute atomic E-state index is 12.0. The predicted octanol–water partition coefficient (Wildman–Crippen LogP) is 3.61. The van der Waals surface area contributed by atoms with Gasteiger partial charge >= 0.3 is 5.97 Å². The van der Waals surface area contributed by atoms with Gasteiger partial charge in [-0.2, -0.15) is 0 Å². The zero-order chi connectivity index (χ0) is 21.7. The Labute approximate surface area is 175 Å². The van der Waals surface area contributed by atoms with Crippen molar-refractivity contribution in [1.82, 2.24) is 15.0 Å². The van der Waals surface area contributed by atoms with E-state index in [9.17, 15) is 4.79 Å². The third-order valence-electron chi connectivity index (χ3n) is 5.22. The van der Waals surface area contributed by atoms with Crippen LogP contribution in [-0.4, -0.2) is 27.5 Å². The number of cyclic esters (lactones) is 1. The molecule has 0 unspecified atom stereocenters. The first kappa shape index (κ1) is 20.2. The number of fused-ring (bicyclic) bond motifs is 2. The molecule has 2 N–H and O–H groups in total. The number of ether oxygens (including phenoxy) is 2. The molecule has 0 atom stereocenters. The smallest absolute Gasteiger partial charge is 0.341 e. The van der Waals surface area contributed by atoms with Crippen LogP contribution < -0.4 is 10.5 Å². The molecule has 7 nitrogen and oxygen atoms in total. The molecule has 0 saturated heterocycles. The Kier molecular flexibility index (Phi) is 4.73. The Bertz CT molecular complexity index is 1150. The first-order valence-corrected chi connectivity index (χ1v) is 10.0. The van der Waals surface area contributed by atoms with Gasteiger partial charge in [0.25, 0.3) is 0 Å². The van der Waals surface area contributed by atoms with Gasteiger partial charge in [-0.25, -0.2) is 9.78 Å². The number of rotatable bonds is 5. The SMILES string of the molecule is CCOc1ncc(C(C)(C)N)c2cc(Cc3ccc4c(n3)C(C)(C)OC4=O)ncc12. The second-order valence-electron chi connectivity index (χ2n) is 8.63. The minimum Gasteiger partial charge on any atom is -0.477 e. The van der Waals surface area contributed by atoms with Crippen LogP contribution in [0.4, 0.5) is 0 Å². The van der Waals surface area contributed by atoms with E-state index in [-0.39, 0.29) is 5.97 Å². The van der Waals surface area contributed by atoms with Crippen LogP contribution >= 0.6 is 0 Å². The van der Waals surface area contributed by atoms with Gasteiger partial charge in [-0.1, -0.05) is 0 Å². The van der Waals surface area contributed by atoms with Crippen molar-refractivity contribution >= 4 is 16.7 Å². The molecule has 0 fully saturated rings. The lowest BCUT2D eigenvalue weighted by Crippen LogP contribution is -2.29. The van der Waals surface area contributed by atoms with E-state index >= 15 is 0 Å². The van der Waals surface area contributed by atoms with E-state index in [2.05, 4.69) is 9.97 Å². The highest BCUT2D eigenvalue weighted by Gasteiger charge is 2.39. The number of hydrogen-bond donors (Lipinski definition) is 1. The molecule has 4 rings (SSSR count). The average molecular weight is 406 g/mol. The summed E-state index contributed by atoms with van der Waals surface area (Å²) in [6.07, 6.45) is 4.07. The lowest BCUT2D eigenvalue weighted by atomic mass is 9.92. The molecule has 30 heavy (non-hydrogen) atoms. The van der Waals surface area contributed by atoms with Crippen LogP contribution in [0.1, 0.15) is 67.6 Å². The Morgan fingerprint density at radius 1 is 1.13 bits per heavy atom. The van der Waals surface area contributed by atoms with Crippen molar-refractivity contribution in [2.75, 3.05) is 6.61 Å². The molecular weight excluding hydrogens is 380 g/mol. The van der Waals surface area contributed by atoms with Gasteiger partial charge in [0.05, 0.1) is 23.3 Å². The second kappa shape index (κ2) is 7.02. The van der Waals surface area contributed by atoms with Gasteiger partial charge < -0.3 is 15.2 Å². The summed E-state index contributed by atoms with van der Waals surface area (Å²) in [5.41, 5.74) is 8.87. The van der Waals surface area contributed by atoms with Crippen molar-refractivity contribution in [2.24, 2.45) is 5.73 Å². The van der Waals surface area contributed by atoms with Crippen molar-refractivity contribution in [3.8, 4) is 5.88 Å². The molecule has 0 spiro atoms. The van der Waals surface area contributed by atoms with E-state index in [1.165, 1.54) is 0 Å². The van der Waals surface area contributed by atoms with Gasteiger partial charge in [0.2, 0.25) is 5.88 Å². The molecule has 0 aromatic carbocycles. The highest BCUT2D eigenvalue weighted by molar-refractivity contribution is 5.94. The van der Waals surface area contributed by atoms with Crippen LogP contribution in [0.15, 0.2) is 30.6 Å². The summed E-state index contributed by atoms with van der Waals surface area (Å²) in [6.45, 7) is 10.0. The van der Waals surface area contributed by atoms with Crippen molar-refractivity contribution < 1.29 is 14.3 Å². The zero-order valence-corrected chi connectivity index (χ0v) is 17.9. The van der Waals surface area contributed by atoms with E-state index in [1.807, 2.05) is 46.8 Å². The fourth-order valence-corrected chi connectivity index (χ4v) is 3.76. The molecular formula is C23H26N4O3. The summed E-state index contributed by atoms with van der Waals surface area (Å²) in [5, 5.41) is 1.80. The molecule has 1 aliphatic rings. The molecule has 0 radical (unpaired) electrons. The fraction of sp³-hybridized carbons (Fsp3) is 0.391. The van der Waals surface area contributed by atoms with Crippen LogP contribution in [0.5, 0.6) is 5.88 Å². The third kappa shape index (κ3) is 3.50. The van der Waals surface area contributed by atoms with Gasteiger partial charge in [-0.15, -0.1) is 0 Å². The summed E-state index contributed by atoms with van der Waals surface area (Å²) < 4.78 is 11.1. The molecule has 1 aliphatic heterocycles. The molecule has 0 saturated carbocycles. The molecule has 3 aromatic heterocycles. The monoisotopic (exact) mass is 406 g/mol. The average Bonchev–Trinajstić information content (AvgIpc) is 2.89. The quantitative estimate of drug-likeness (QED) is 0.646. The fourth-order valence-electron chi connectivity index (χ4n) is 3.76. The summed E-state index contributed by atoms with van der Waals surface area (Å²) in [7, 11) is 0. The summed E-state index contributed by atoms with van der Waals surface area (Å²) in [5.74, 6) is 0.219. The Morgan fingerprint density at radius 3 is 2.60 bits per heavy atom. The van der Waals surface area contributed by atoms with Gasteiger partial charge in [0.15, 0.2) is 0 Å². The van der Waals surface area contributed by atoms with Gasteiger partial charge in [-0.3, -0.25) is 9.97 Å². The van der Waals surface area contributed by atoms with Crippen LogP contribution in [0.25, 0.3) is 10.8 Å². The highest BCUT2D eigenvalue weighted by atomic mass is 16.6. The van der Waals surface area contributed by atoms with E-state index in [0.717, 1.165) is 27.7 Å². The molecule has 0 bridgehead atoms. The predicted molar refractivity (Wildman–Crippen MR) is 113 cm³/mol. The first-order valence-electron chi connectivity index (χ1n) is 10.0. The van der Waals surface area contributed by atoms with Crippen LogP contribution in [0.2, 0.25) is 0 Å². The number of pyridine rings is 3. The van der Waals surface area contributed by atoms with E-state index in [0.29, 0.717) is 30.2 Å². The number of carbonyl (C=O) groups excluding carboxylic acids is 1. The van der Waals surface area contributed by atoms with Crippen molar-refractivity contribution in [2.45, 2.75) is 52.2 Å². The highest BCUT2D eigenvalue weighted by Crippen LogP contribution is 2.35. The number of esters is 1. The standard InChI is InChI=1S/C23H26N4O3/c1-6-29-20-17-11-25-14(10-16(17)18(12-26-20)22(2,3)24)9-13-7-8-15-19(27-13)23(4,5)30-21(15)28/h7-8,10-12H,6,9,24H2,1-5H3. The summed E-state index contributed by atoms with van der Waals surface area (Å²) in [4.78, 5) is 25.8. The first-order chi connectivity index (χ1) is 14.1. The molecule has 0 amide bonds. The molecule has 156 valence electrons. The summed E-state index contributed by atoms with van der Waals surface area (Å²) in [6, 6.07) is 5.64. The second-order valence-corrected chi connectivity index (χ2v) is 8.63. The van der Waals surface area contributed by atoms with Gasteiger partial charge in [0, 0.05) is 35.7 Å². The lowest BCUT2D eigenvalue weighted by molar-refractivity contribution is 0.00827. The van der Waals surface area contributed by atoms with Crippen LogP contribution in [0.3, 0.4) is 0 Å². The maximum atomic E-state index is 12.0. The topological polar surface area (TPSA) is 100 Å². The minimum atomic E-state index is -0.728. The Hall–Kier alpha value is -3.06. The van der Waals surface area contributed by atoms with E-state index < -0.39 is 11.1 Å². The Morgan fingerprint density at radius 2 is 1.90 bits per heavy atom. The zero-order valence-electron chi connectivity index (χ0n) is 17.9. The molecule has 0 aliphatic carbocycles.